The number of ether oxygens (including phenoxy) is 1. The molecule has 1 aliphatic rings. The number of sulfone groups is 1. The molecule has 1 aliphatic heterocycles. The van der Waals surface area contributed by atoms with Gasteiger partial charge in [-0.25, -0.2) is 17.8 Å². The Morgan fingerprint density at radius 2 is 1.82 bits per heavy atom. The second kappa shape index (κ2) is 8.68. The third-order valence-corrected chi connectivity index (χ3v) is 7.33. The third-order valence-electron chi connectivity index (χ3n) is 6.22. The standard InChI is InChI=1S/C24H24FN5O3S/c1-33-18-3-6-24(27-14-18)29-9-7-17(8-10-29)30-23-15-26-22(11-16(23)13-28-30)20-5-4-19(12-21(20)25)34(2,31)32/h3-6,11-15,17H,7-10H2,1-2H3. The number of methoxy groups -OCH3 is 1. The molecule has 5 rings (SSSR count). The minimum Gasteiger partial charge on any atom is -0.495 e. The lowest BCUT2D eigenvalue weighted by molar-refractivity contribution is 0.374. The van der Waals surface area contributed by atoms with E-state index in [1.54, 1.807) is 31.8 Å². The Hall–Kier alpha value is -3.53. The molecule has 1 fully saturated rings. The van der Waals surface area contributed by atoms with E-state index in [4.69, 9.17) is 4.74 Å². The minimum absolute atomic E-state index is 0.0566. The number of halogens is 1. The monoisotopic (exact) mass is 481 g/mol. The van der Waals surface area contributed by atoms with Gasteiger partial charge in [-0.3, -0.25) is 9.67 Å². The first-order chi connectivity index (χ1) is 16.3. The van der Waals surface area contributed by atoms with E-state index in [0.29, 0.717) is 5.69 Å². The van der Waals surface area contributed by atoms with Crippen molar-refractivity contribution in [3.8, 4) is 17.0 Å². The third kappa shape index (κ3) is 4.21. The second-order valence-corrected chi connectivity index (χ2v) is 10.4. The Labute approximate surface area is 196 Å². The van der Waals surface area contributed by atoms with Gasteiger partial charge in [0.05, 0.1) is 47.8 Å². The van der Waals surface area contributed by atoms with Gasteiger partial charge in [0.1, 0.15) is 17.4 Å². The van der Waals surface area contributed by atoms with Gasteiger partial charge in [0, 0.05) is 30.3 Å². The van der Waals surface area contributed by atoms with E-state index < -0.39 is 15.7 Å². The van der Waals surface area contributed by atoms with Gasteiger partial charge < -0.3 is 9.64 Å². The maximum absolute atomic E-state index is 14.6. The van der Waals surface area contributed by atoms with Crippen LogP contribution in [0, 0.1) is 5.82 Å². The fraction of sp³-hybridized carbons (Fsp3) is 0.292. The van der Waals surface area contributed by atoms with Gasteiger partial charge in [-0.05, 0) is 49.2 Å². The fourth-order valence-corrected chi connectivity index (χ4v) is 4.97. The zero-order chi connectivity index (χ0) is 23.9. The summed E-state index contributed by atoms with van der Waals surface area (Å²) in [4.78, 5) is 11.1. The molecule has 0 radical (unpaired) electrons. The Kier molecular flexibility index (Phi) is 5.68. The van der Waals surface area contributed by atoms with Crippen LogP contribution in [0.15, 0.2) is 59.9 Å². The lowest BCUT2D eigenvalue weighted by Gasteiger charge is -2.33. The molecule has 0 aliphatic carbocycles. The molecule has 0 N–H and O–H groups in total. The van der Waals surface area contributed by atoms with Crippen molar-refractivity contribution in [3.05, 3.63) is 60.8 Å². The molecule has 8 nitrogen and oxygen atoms in total. The number of hydrogen-bond donors (Lipinski definition) is 0. The lowest BCUT2D eigenvalue weighted by Crippen LogP contribution is -2.35. The SMILES string of the molecule is COc1ccc(N2CCC(n3ncc4cc(-c5ccc(S(C)(=O)=O)cc5F)ncc43)CC2)nc1. The van der Waals surface area contributed by atoms with Crippen LogP contribution >= 0.6 is 0 Å². The highest BCUT2D eigenvalue weighted by atomic mass is 32.2. The molecule has 10 heteroatoms. The first-order valence-corrected chi connectivity index (χ1v) is 12.8. The normalized spacial score (nSPS) is 15.1. The van der Waals surface area contributed by atoms with Crippen molar-refractivity contribution in [2.45, 2.75) is 23.8 Å². The fourth-order valence-electron chi connectivity index (χ4n) is 4.34. The summed E-state index contributed by atoms with van der Waals surface area (Å²) in [5.74, 6) is 1.04. The van der Waals surface area contributed by atoms with Gasteiger partial charge in [-0.2, -0.15) is 5.10 Å². The number of benzene rings is 1. The van der Waals surface area contributed by atoms with Crippen molar-refractivity contribution in [2.24, 2.45) is 0 Å². The van der Waals surface area contributed by atoms with Crippen LogP contribution in [0.25, 0.3) is 22.2 Å². The molecule has 0 atom stereocenters. The number of pyridine rings is 2. The van der Waals surface area contributed by atoms with Crippen molar-refractivity contribution in [1.82, 2.24) is 19.7 Å². The maximum atomic E-state index is 14.6. The van der Waals surface area contributed by atoms with Gasteiger partial charge >= 0.3 is 0 Å². The Bertz CT molecular complexity index is 1450. The molecule has 0 spiro atoms. The Morgan fingerprint density at radius 3 is 2.47 bits per heavy atom. The van der Waals surface area contributed by atoms with E-state index in [9.17, 15) is 12.8 Å². The van der Waals surface area contributed by atoms with Crippen LogP contribution in [0.4, 0.5) is 10.2 Å². The molecule has 1 aromatic carbocycles. The van der Waals surface area contributed by atoms with Gasteiger partial charge in [0.2, 0.25) is 0 Å². The van der Waals surface area contributed by atoms with E-state index in [1.165, 1.54) is 12.1 Å². The lowest BCUT2D eigenvalue weighted by atomic mass is 10.0. The van der Waals surface area contributed by atoms with Crippen molar-refractivity contribution >= 4 is 26.6 Å². The second-order valence-electron chi connectivity index (χ2n) is 8.41. The predicted octanol–water partition coefficient (Wildman–Crippen LogP) is 3.89. The number of hydrogen-bond acceptors (Lipinski definition) is 7. The highest BCUT2D eigenvalue weighted by Gasteiger charge is 2.24. The molecular weight excluding hydrogens is 457 g/mol. The van der Waals surface area contributed by atoms with E-state index in [1.807, 2.05) is 16.8 Å². The molecule has 4 aromatic rings. The predicted molar refractivity (Wildman–Crippen MR) is 127 cm³/mol. The number of anilines is 1. The molecule has 1 saturated heterocycles. The van der Waals surface area contributed by atoms with Crippen LogP contribution < -0.4 is 9.64 Å². The van der Waals surface area contributed by atoms with E-state index in [-0.39, 0.29) is 16.5 Å². The quantitative estimate of drug-likeness (QED) is 0.427. The summed E-state index contributed by atoms with van der Waals surface area (Å²) in [5.41, 5.74) is 1.57. The number of piperidine rings is 1. The number of rotatable bonds is 5. The number of aromatic nitrogens is 4. The number of nitrogens with zero attached hydrogens (tertiary/aromatic N) is 5. The largest absolute Gasteiger partial charge is 0.495 e. The Balaban J connectivity index is 1.34. The van der Waals surface area contributed by atoms with Crippen LogP contribution in [0.5, 0.6) is 5.75 Å². The molecule has 0 bridgehead atoms. The van der Waals surface area contributed by atoms with Crippen molar-refractivity contribution in [3.63, 3.8) is 0 Å². The molecular formula is C24H24FN5O3S. The van der Waals surface area contributed by atoms with Crippen LogP contribution in [0.1, 0.15) is 18.9 Å². The first kappa shape index (κ1) is 22.3. The summed E-state index contributed by atoms with van der Waals surface area (Å²) < 4.78 is 45.2. The maximum Gasteiger partial charge on any atom is 0.175 e. The number of fused-ring (bicyclic) bond motifs is 1. The van der Waals surface area contributed by atoms with Gasteiger partial charge in [0.15, 0.2) is 9.84 Å². The van der Waals surface area contributed by atoms with Gasteiger partial charge in [-0.1, -0.05) is 0 Å². The summed E-state index contributed by atoms with van der Waals surface area (Å²) in [5, 5.41) is 5.45. The van der Waals surface area contributed by atoms with E-state index in [2.05, 4.69) is 20.0 Å². The minimum atomic E-state index is -3.48. The first-order valence-electron chi connectivity index (χ1n) is 10.9. The van der Waals surface area contributed by atoms with Crippen LogP contribution in [-0.4, -0.2) is 54.6 Å². The summed E-state index contributed by atoms with van der Waals surface area (Å²) in [6.45, 7) is 1.71. The molecule has 176 valence electrons. The zero-order valence-corrected chi connectivity index (χ0v) is 19.7. The van der Waals surface area contributed by atoms with Crippen LogP contribution in [0.2, 0.25) is 0 Å². The summed E-state index contributed by atoms with van der Waals surface area (Å²) in [6.07, 6.45) is 8.07. The molecule has 0 saturated carbocycles. The molecule has 4 heterocycles. The summed E-state index contributed by atoms with van der Waals surface area (Å²) in [6, 6.07) is 9.78. The molecule has 34 heavy (non-hydrogen) atoms. The van der Waals surface area contributed by atoms with Crippen molar-refractivity contribution in [2.75, 3.05) is 31.4 Å². The van der Waals surface area contributed by atoms with Crippen LogP contribution in [0.3, 0.4) is 0 Å². The average molecular weight is 482 g/mol. The highest BCUT2D eigenvalue weighted by molar-refractivity contribution is 7.90. The zero-order valence-electron chi connectivity index (χ0n) is 18.8. The van der Waals surface area contributed by atoms with Gasteiger partial charge in [-0.15, -0.1) is 0 Å². The van der Waals surface area contributed by atoms with E-state index >= 15 is 0 Å². The van der Waals surface area contributed by atoms with E-state index in [0.717, 1.165) is 60.7 Å². The van der Waals surface area contributed by atoms with Crippen molar-refractivity contribution in [1.29, 1.82) is 0 Å². The van der Waals surface area contributed by atoms with Crippen LogP contribution in [-0.2, 0) is 9.84 Å². The molecule has 3 aromatic heterocycles. The molecule has 0 unspecified atom stereocenters. The van der Waals surface area contributed by atoms with Gasteiger partial charge in [0.25, 0.3) is 0 Å². The summed E-state index contributed by atoms with van der Waals surface area (Å²) >= 11 is 0. The molecule has 0 amide bonds. The highest BCUT2D eigenvalue weighted by Crippen LogP contribution is 2.31. The smallest absolute Gasteiger partial charge is 0.175 e. The Morgan fingerprint density at radius 1 is 1.03 bits per heavy atom. The van der Waals surface area contributed by atoms with Crippen molar-refractivity contribution < 1.29 is 17.5 Å². The topological polar surface area (TPSA) is 90.2 Å². The average Bonchev–Trinajstić information content (AvgIpc) is 3.27. The summed E-state index contributed by atoms with van der Waals surface area (Å²) in [7, 11) is -1.86.